The fraction of sp³-hybridized carbons (Fsp3) is 0.500. The number of hydrogen-bond donors (Lipinski definition) is 2. The first kappa shape index (κ1) is 14.4. The zero-order valence-corrected chi connectivity index (χ0v) is 12.6. The highest BCUT2D eigenvalue weighted by Gasteiger charge is 2.37. The van der Waals surface area contributed by atoms with Crippen LogP contribution in [0.15, 0.2) is 23.1 Å². The highest BCUT2D eigenvalue weighted by Crippen LogP contribution is 2.33. The zero-order chi connectivity index (χ0) is 14.8. The van der Waals surface area contributed by atoms with Crippen LogP contribution in [0.2, 0.25) is 0 Å². The molecule has 0 aromatic heterocycles. The number of rotatable bonds is 6. The number of nitrogens with one attached hydrogen (secondary N) is 1. The summed E-state index contributed by atoms with van der Waals surface area (Å²) in [4.78, 5) is 24.1. The predicted octanol–water partition coefficient (Wildman–Crippen LogP) is 2.25. The lowest BCUT2D eigenvalue weighted by atomic mass is 10.1. The number of carboxylic acid groups (broad SMARTS) is 1. The van der Waals surface area contributed by atoms with Crippen LogP contribution in [-0.2, 0) is 22.4 Å². The van der Waals surface area contributed by atoms with E-state index in [0.717, 1.165) is 30.6 Å². The summed E-state index contributed by atoms with van der Waals surface area (Å²) in [6.45, 7) is 0. The number of carbonyl (C=O) groups excluding carboxylic acids is 1. The van der Waals surface area contributed by atoms with Crippen molar-refractivity contribution in [1.82, 2.24) is 5.32 Å². The third-order valence-corrected chi connectivity index (χ3v) is 5.11. The average molecular weight is 305 g/mol. The molecule has 3 rings (SSSR count). The Morgan fingerprint density at radius 3 is 2.76 bits per heavy atom. The number of amides is 1. The number of thioether (sulfide) groups is 1. The molecule has 1 aromatic carbocycles. The second kappa shape index (κ2) is 6.10. The van der Waals surface area contributed by atoms with Crippen LogP contribution in [0.5, 0.6) is 0 Å². The Morgan fingerprint density at radius 1 is 1.29 bits per heavy atom. The molecular weight excluding hydrogens is 286 g/mol. The lowest BCUT2D eigenvalue weighted by Crippen LogP contribution is -2.43. The van der Waals surface area contributed by atoms with Gasteiger partial charge in [-0.2, -0.15) is 0 Å². The van der Waals surface area contributed by atoms with E-state index in [1.54, 1.807) is 0 Å². The van der Waals surface area contributed by atoms with E-state index >= 15 is 0 Å². The maximum atomic E-state index is 11.9. The molecule has 21 heavy (non-hydrogen) atoms. The number of aryl methyl sites for hydroxylation is 2. The standard InChI is InChI=1S/C16H19NO3S/c18-14(17-15(16(19)20)11-4-5-11)9-21-13-7-6-10-2-1-3-12(10)8-13/h6-8,11,15H,1-5,9H2,(H,17,18)(H,19,20). The van der Waals surface area contributed by atoms with Gasteiger partial charge < -0.3 is 10.4 Å². The fourth-order valence-corrected chi connectivity index (χ4v) is 3.58. The first-order valence-electron chi connectivity index (χ1n) is 7.40. The molecule has 0 saturated heterocycles. The van der Waals surface area contributed by atoms with Gasteiger partial charge in [0.15, 0.2) is 0 Å². The van der Waals surface area contributed by atoms with E-state index in [9.17, 15) is 9.59 Å². The van der Waals surface area contributed by atoms with Crippen molar-refractivity contribution in [2.75, 3.05) is 5.75 Å². The molecule has 1 aromatic rings. The van der Waals surface area contributed by atoms with Gasteiger partial charge >= 0.3 is 5.97 Å². The van der Waals surface area contributed by atoms with Crippen molar-refractivity contribution in [3.63, 3.8) is 0 Å². The minimum atomic E-state index is -0.923. The first-order chi connectivity index (χ1) is 10.1. The van der Waals surface area contributed by atoms with Gasteiger partial charge in [0, 0.05) is 4.90 Å². The molecule has 1 fully saturated rings. The predicted molar refractivity (Wildman–Crippen MR) is 81.5 cm³/mol. The Hall–Kier alpha value is -1.49. The van der Waals surface area contributed by atoms with Crippen LogP contribution >= 0.6 is 11.8 Å². The van der Waals surface area contributed by atoms with Crippen molar-refractivity contribution in [3.05, 3.63) is 29.3 Å². The molecule has 2 N–H and O–H groups in total. The van der Waals surface area contributed by atoms with Crippen molar-refractivity contribution in [2.24, 2.45) is 5.92 Å². The van der Waals surface area contributed by atoms with Gasteiger partial charge in [0.2, 0.25) is 5.91 Å². The second-order valence-corrected chi connectivity index (χ2v) is 6.84. The summed E-state index contributed by atoms with van der Waals surface area (Å²) in [7, 11) is 0. The number of fused-ring (bicyclic) bond motifs is 1. The molecule has 0 aliphatic heterocycles. The van der Waals surface area contributed by atoms with Gasteiger partial charge in [-0.25, -0.2) is 4.79 Å². The van der Waals surface area contributed by atoms with Crippen LogP contribution in [0.1, 0.15) is 30.4 Å². The molecule has 5 heteroatoms. The van der Waals surface area contributed by atoms with Crippen LogP contribution < -0.4 is 5.32 Å². The molecular formula is C16H19NO3S. The van der Waals surface area contributed by atoms with Crippen molar-refractivity contribution in [1.29, 1.82) is 0 Å². The Balaban J connectivity index is 1.52. The van der Waals surface area contributed by atoms with E-state index in [2.05, 4.69) is 23.5 Å². The number of aliphatic carboxylic acids is 1. The molecule has 0 radical (unpaired) electrons. The van der Waals surface area contributed by atoms with Gasteiger partial charge in [0.05, 0.1) is 5.75 Å². The zero-order valence-electron chi connectivity index (χ0n) is 11.8. The maximum Gasteiger partial charge on any atom is 0.326 e. The Morgan fingerprint density at radius 2 is 2.05 bits per heavy atom. The normalized spacial score (nSPS) is 18.1. The van der Waals surface area contributed by atoms with E-state index in [0.29, 0.717) is 0 Å². The van der Waals surface area contributed by atoms with Gasteiger partial charge in [-0.15, -0.1) is 11.8 Å². The maximum absolute atomic E-state index is 11.9. The van der Waals surface area contributed by atoms with Gasteiger partial charge in [-0.3, -0.25) is 4.79 Å². The van der Waals surface area contributed by atoms with Crippen molar-refractivity contribution in [2.45, 2.75) is 43.0 Å². The number of carbonyl (C=O) groups is 2. The molecule has 1 unspecified atom stereocenters. The molecule has 1 saturated carbocycles. The molecule has 0 bridgehead atoms. The molecule has 2 aliphatic rings. The van der Waals surface area contributed by atoms with Crippen molar-refractivity contribution < 1.29 is 14.7 Å². The molecule has 4 nitrogen and oxygen atoms in total. The van der Waals surface area contributed by atoms with Crippen molar-refractivity contribution in [3.8, 4) is 0 Å². The number of carboxylic acids is 1. The summed E-state index contributed by atoms with van der Waals surface area (Å²) in [6.07, 6.45) is 5.29. The van der Waals surface area contributed by atoms with E-state index in [-0.39, 0.29) is 17.6 Å². The van der Waals surface area contributed by atoms with E-state index < -0.39 is 12.0 Å². The molecule has 112 valence electrons. The summed E-state index contributed by atoms with van der Waals surface area (Å²) >= 11 is 1.48. The van der Waals surface area contributed by atoms with Gasteiger partial charge in [0.25, 0.3) is 0 Å². The van der Waals surface area contributed by atoms with Gasteiger partial charge in [-0.1, -0.05) is 6.07 Å². The van der Waals surface area contributed by atoms with Crippen LogP contribution in [0, 0.1) is 5.92 Å². The van der Waals surface area contributed by atoms with E-state index in [1.807, 2.05) is 0 Å². The van der Waals surface area contributed by atoms with Crippen LogP contribution in [-0.4, -0.2) is 28.8 Å². The third-order valence-electron chi connectivity index (χ3n) is 4.12. The topological polar surface area (TPSA) is 66.4 Å². The number of hydrogen-bond acceptors (Lipinski definition) is 3. The highest BCUT2D eigenvalue weighted by atomic mass is 32.2. The summed E-state index contributed by atoms with van der Waals surface area (Å²) in [5.74, 6) is -0.723. The molecule has 0 spiro atoms. The highest BCUT2D eigenvalue weighted by molar-refractivity contribution is 8.00. The Bertz CT molecular complexity index is 569. The molecule has 1 amide bonds. The number of benzene rings is 1. The lowest BCUT2D eigenvalue weighted by molar-refractivity contribution is -0.142. The summed E-state index contributed by atoms with van der Waals surface area (Å²) in [5, 5.41) is 11.7. The van der Waals surface area contributed by atoms with E-state index in [1.165, 1.54) is 29.3 Å². The van der Waals surface area contributed by atoms with Crippen LogP contribution in [0.4, 0.5) is 0 Å². The molecule has 1 atom stereocenters. The second-order valence-electron chi connectivity index (χ2n) is 5.79. The summed E-state index contributed by atoms with van der Waals surface area (Å²) in [6, 6.07) is 5.65. The van der Waals surface area contributed by atoms with Crippen LogP contribution in [0.3, 0.4) is 0 Å². The average Bonchev–Trinajstić information content (AvgIpc) is 3.19. The van der Waals surface area contributed by atoms with Crippen molar-refractivity contribution >= 4 is 23.6 Å². The minimum Gasteiger partial charge on any atom is -0.480 e. The fourth-order valence-electron chi connectivity index (χ4n) is 2.81. The lowest BCUT2D eigenvalue weighted by Gasteiger charge is -2.13. The SMILES string of the molecule is O=C(CSc1ccc2c(c1)CCC2)NC(C(=O)O)C1CC1. The van der Waals surface area contributed by atoms with E-state index in [4.69, 9.17) is 5.11 Å². The minimum absolute atomic E-state index is 0.122. The Kier molecular flexibility index (Phi) is 4.19. The van der Waals surface area contributed by atoms with Gasteiger partial charge in [-0.05, 0) is 61.3 Å². The first-order valence-corrected chi connectivity index (χ1v) is 8.39. The molecule has 2 aliphatic carbocycles. The third kappa shape index (κ3) is 3.59. The van der Waals surface area contributed by atoms with Crippen LogP contribution in [0.25, 0.3) is 0 Å². The smallest absolute Gasteiger partial charge is 0.326 e. The summed E-state index contributed by atoms with van der Waals surface area (Å²) < 4.78 is 0. The quantitative estimate of drug-likeness (QED) is 0.791. The summed E-state index contributed by atoms with van der Waals surface area (Å²) in [5.41, 5.74) is 2.81. The molecule has 0 heterocycles. The monoisotopic (exact) mass is 305 g/mol. The van der Waals surface area contributed by atoms with Gasteiger partial charge in [0.1, 0.15) is 6.04 Å². The Labute approximate surface area is 128 Å². The largest absolute Gasteiger partial charge is 0.480 e.